The predicted octanol–water partition coefficient (Wildman–Crippen LogP) is 3.71. The SMILES string of the molecule is CC(c1ccccc1Cl)N(C)CC1CCCC1CN. The number of hydrogen-bond acceptors (Lipinski definition) is 2. The molecule has 19 heavy (non-hydrogen) atoms. The van der Waals surface area contributed by atoms with E-state index in [1.54, 1.807) is 0 Å². The van der Waals surface area contributed by atoms with Gasteiger partial charge in [-0.05, 0) is 56.8 Å². The largest absolute Gasteiger partial charge is 0.330 e. The highest BCUT2D eigenvalue weighted by Crippen LogP contribution is 2.34. The average molecular weight is 281 g/mol. The molecule has 0 heterocycles. The van der Waals surface area contributed by atoms with E-state index in [9.17, 15) is 0 Å². The zero-order valence-corrected chi connectivity index (χ0v) is 12.7. The third-order valence-electron chi connectivity index (χ3n) is 4.66. The lowest BCUT2D eigenvalue weighted by Gasteiger charge is -2.30. The molecule has 1 aromatic rings. The summed E-state index contributed by atoms with van der Waals surface area (Å²) in [4.78, 5) is 2.42. The van der Waals surface area contributed by atoms with Crippen molar-refractivity contribution in [3.63, 3.8) is 0 Å². The molecule has 1 aliphatic carbocycles. The number of halogens is 1. The average Bonchev–Trinajstić information content (AvgIpc) is 2.85. The Morgan fingerprint density at radius 3 is 2.68 bits per heavy atom. The quantitative estimate of drug-likeness (QED) is 0.891. The van der Waals surface area contributed by atoms with Crippen LogP contribution < -0.4 is 5.73 Å². The van der Waals surface area contributed by atoms with E-state index >= 15 is 0 Å². The zero-order valence-electron chi connectivity index (χ0n) is 12.0. The topological polar surface area (TPSA) is 29.3 Å². The van der Waals surface area contributed by atoms with Crippen LogP contribution in [0.25, 0.3) is 0 Å². The summed E-state index contributed by atoms with van der Waals surface area (Å²) in [7, 11) is 2.19. The minimum Gasteiger partial charge on any atom is -0.330 e. The van der Waals surface area contributed by atoms with Crippen molar-refractivity contribution in [3.8, 4) is 0 Å². The lowest BCUT2D eigenvalue weighted by Crippen LogP contribution is -2.32. The van der Waals surface area contributed by atoms with Crippen LogP contribution in [0.4, 0.5) is 0 Å². The van der Waals surface area contributed by atoms with Gasteiger partial charge in [-0.1, -0.05) is 36.2 Å². The minimum absolute atomic E-state index is 0.354. The van der Waals surface area contributed by atoms with Crippen molar-refractivity contribution in [1.29, 1.82) is 0 Å². The van der Waals surface area contributed by atoms with E-state index in [0.717, 1.165) is 24.0 Å². The molecule has 1 fully saturated rings. The summed E-state index contributed by atoms with van der Waals surface area (Å²) in [6.07, 6.45) is 3.96. The summed E-state index contributed by atoms with van der Waals surface area (Å²) in [6.45, 7) is 4.18. The molecule has 0 bridgehead atoms. The maximum absolute atomic E-state index is 6.29. The van der Waals surface area contributed by atoms with E-state index in [0.29, 0.717) is 12.0 Å². The van der Waals surface area contributed by atoms with Gasteiger partial charge in [0, 0.05) is 17.6 Å². The third kappa shape index (κ3) is 3.50. The summed E-state index contributed by atoms with van der Waals surface area (Å²) in [6, 6.07) is 8.50. The minimum atomic E-state index is 0.354. The Morgan fingerprint density at radius 1 is 1.32 bits per heavy atom. The van der Waals surface area contributed by atoms with Crippen molar-refractivity contribution in [1.82, 2.24) is 4.90 Å². The monoisotopic (exact) mass is 280 g/mol. The van der Waals surface area contributed by atoms with Crippen LogP contribution in [0, 0.1) is 11.8 Å². The first-order chi connectivity index (χ1) is 9.13. The molecule has 2 nitrogen and oxygen atoms in total. The van der Waals surface area contributed by atoms with Crippen molar-refractivity contribution >= 4 is 11.6 Å². The second kappa shape index (κ2) is 6.74. The molecule has 1 aromatic carbocycles. The number of benzene rings is 1. The van der Waals surface area contributed by atoms with E-state index in [-0.39, 0.29) is 0 Å². The van der Waals surface area contributed by atoms with Crippen LogP contribution in [0.2, 0.25) is 5.02 Å². The van der Waals surface area contributed by atoms with Crippen LogP contribution in [0.5, 0.6) is 0 Å². The van der Waals surface area contributed by atoms with Gasteiger partial charge in [-0.2, -0.15) is 0 Å². The molecule has 3 atom stereocenters. The van der Waals surface area contributed by atoms with Crippen LogP contribution in [0.1, 0.15) is 37.8 Å². The molecule has 3 unspecified atom stereocenters. The fraction of sp³-hybridized carbons (Fsp3) is 0.625. The van der Waals surface area contributed by atoms with Gasteiger partial charge >= 0.3 is 0 Å². The highest BCUT2D eigenvalue weighted by Gasteiger charge is 2.28. The molecule has 2 N–H and O–H groups in total. The maximum atomic E-state index is 6.29. The first-order valence-corrected chi connectivity index (χ1v) is 7.66. The van der Waals surface area contributed by atoms with Gasteiger partial charge in [-0.3, -0.25) is 4.90 Å². The number of nitrogens with two attached hydrogens (primary N) is 1. The summed E-state index contributed by atoms with van der Waals surface area (Å²) >= 11 is 6.29. The Kier molecular flexibility index (Phi) is 5.26. The lowest BCUT2D eigenvalue weighted by molar-refractivity contribution is 0.197. The normalized spacial score (nSPS) is 24.9. The van der Waals surface area contributed by atoms with Gasteiger partial charge in [0.2, 0.25) is 0 Å². The standard InChI is InChI=1S/C16H25ClN2/c1-12(15-8-3-4-9-16(15)17)19(2)11-14-7-5-6-13(14)10-18/h3-4,8-9,12-14H,5-7,10-11,18H2,1-2H3. The third-order valence-corrected chi connectivity index (χ3v) is 5.00. The Labute approximate surface area is 121 Å². The zero-order chi connectivity index (χ0) is 13.8. The molecule has 0 amide bonds. The molecular weight excluding hydrogens is 256 g/mol. The van der Waals surface area contributed by atoms with E-state index < -0.39 is 0 Å². The van der Waals surface area contributed by atoms with E-state index in [1.165, 1.54) is 24.8 Å². The van der Waals surface area contributed by atoms with Gasteiger partial charge in [0.15, 0.2) is 0 Å². The van der Waals surface area contributed by atoms with Gasteiger partial charge in [0.1, 0.15) is 0 Å². The molecule has 0 radical (unpaired) electrons. The Bertz CT molecular complexity index is 407. The first kappa shape index (κ1) is 14.8. The first-order valence-electron chi connectivity index (χ1n) is 7.28. The van der Waals surface area contributed by atoms with Gasteiger partial charge in [-0.25, -0.2) is 0 Å². The predicted molar refractivity (Wildman–Crippen MR) is 82.4 cm³/mol. The number of nitrogens with zero attached hydrogens (tertiary/aromatic N) is 1. The van der Waals surface area contributed by atoms with Crippen LogP contribution in [0.3, 0.4) is 0 Å². The molecule has 0 spiro atoms. The van der Waals surface area contributed by atoms with E-state index in [4.69, 9.17) is 17.3 Å². The second-order valence-electron chi connectivity index (χ2n) is 5.82. The van der Waals surface area contributed by atoms with Crippen molar-refractivity contribution < 1.29 is 0 Å². The van der Waals surface area contributed by atoms with Crippen LogP contribution in [0.15, 0.2) is 24.3 Å². The van der Waals surface area contributed by atoms with Crippen molar-refractivity contribution in [2.24, 2.45) is 17.6 Å². The van der Waals surface area contributed by atoms with Crippen molar-refractivity contribution in [2.75, 3.05) is 20.1 Å². The lowest BCUT2D eigenvalue weighted by atomic mass is 9.95. The van der Waals surface area contributed by atoms with Gasteiger partial charge in [0.05, 0.1) is 0 Å². The maximum Gasteiger partial charge on any atom is 0.0453 e. The summed E-state index contributed by atoms with van der Waals surface area (Å²) < 4.78 is 0. The Balaban J connectivity index is 1.99. The highest BCUT2D eigenvalue weighted by molar-refractivity contribution is 6.31. The second-order valence-corrected chi connectivity index (χ2v) is 6.23. The molecule has 106 valence electrons. The van der Waals surface area contributed by atoms with Crippen molar-refractivity contribution in [3.05, 3.63) is 34.9 Å². The molecule has 1 aliphatic rings. The highest BCUT2D eigenvalue weighted by atomic mass is 35.5. The van der Waals surface area contributed by atoms with Crippen molar-refractivity contribution in [2.45, 2.75) is 32.2 Å². The smallest absolute Gasteiger partial charge is 0.0453 e. The molecule has 1 saturated carbocycles. The Morgan fingerprint density at radius 2 is 2.00 bits per heavy atom. The van der Waals surface area contributed by atoms with Crippen LogP contribution in [-0.4, -0.2) is 25.0 Å². The Hall–Kier alpha value is -0.570. The molecule has 3 heteroatoms. The molecule has 2 rings (SSSR count). The number of hydrogen-bond donors (Lipinski definition) is 1. The van der Waals surface area contributed by atoms with E-state index in [2.05, 4.69) is 31.0 Å². The van der Waals surface area contributed by atoms with E-state index in [1.807, 2.05) is 12.1 Å². The number of rotatable bonds is 5. The summed E-state index contributed by atoms with van der Waals surface area (Å²) in [5.74, 6) is 1.46. The fourth-order valence-corrected chi connectivity index (χ4v) is 3.54. The van der Waals surface area contributed by atoms with Gasteiger partial charge < -0.3 is 5.73 Å². The molecule has 0 aromatic heterocycles. The van der Waals surface area contributed by atoms with Gasteiger partial charge in [0.25, 0.3) is 0 Å². The molecular formula is C16H25ClN2. The molecule has 0 saturated heterocycles. The summed E-state index contributed by atoms with van der Waals surface area (Å²) in [5, 5.41) is 0.864. The van der Waals surface area contributed by atoms with Gasteiger partial charge in [-0.15, -0.1) is 0 Å². The molecule has 0 aliphatic heterocycles. The fourth-order valence-electron chi connectivity index (χ4n) is 3.24. The van der Waals surface area contributed by atoms with Crippen LogP contribution in [-0.2, 0) is 0 Å². The summed E-state index contributed by atoms with van der Waals surface area (Å²) in [5.41, 5.74) is 7.09. The van der Waals surface area contributed by atoms with Crippen LogP contribution >= 0.6 is 11.6 Å².